The van der Waals surface area contributed by atoms with Gasteiger partial charge >= 0.3 is 6.03 Å². The van der Waals surface area contributed by atoms with Crippen molar-refractivity contribution < 1.29 is 9.59 Å². The van der Waals surface area contributed by atoms with Gasteiger partial charge in [0.2, 0.25) is 0 Å². The van der Waals surface area contributed by atoms with Crippen molar-refractivity contribution in [1.29, 1.82) is 0 Å². The number of fused-ring (bicyclic) bond motifs is 1. The number of hydrogen-bond donors (Lipinski definition) is 1. The zero-order valence-electron chi connectivity index (χ0n) is 9.64. The Morgan fingerprint density at radius 3 is 2.76 bits per heavy atom. The van der Waals surface area contributed by atoms with Crippen molar-refractivity contribution in [3.05, 3.63) is 35.4 Å². The van der Waals surface area contributed by atoms with Crippen molar-refractivity contribution in [1.82, 2.24) is 10.2 Å². The van der Waals surface area contributed by atoms with Gasteiger partial charge < -0.3 is 5.32 Å². The third kappa shape index (κ3) is 1.52. The maximum Gasteiger partial charge on any atom is 0.324 e. The second kappa shape index (κ2) is 3.58. The first-order valence-corrected chi connectivity index (χ1v) is 5.86. The lowest BCUT2D eigenvalue weighted by Gasteiger charge is -2.32. The number of urea groups is 1. The summed E-state index contributed by atoms with van der Waals surface area (Å²) in [7, 11) is 0. The lowest BCUT2D eigenvalue weighted by Crippen LogP contribution is -2.38. The van der Waals surface area contributed by atoms with Crippen LogP contribution in [0.1, 0.15) is 24.0 Å². The number of imide groups is 1. The highest BCUT2D eigenvalue weighted by molar-refractivity contribution is 6.04. The summed E-state index contributed by atoms with van der Waals surface area (Å²) in [6.07, 6.45) is 0.960. The predicted molar refractivity (Wildman–Crippen MR) is 62.6 cm³/mol. The van der Waals surface area contributed by atoms with E-state index >= 15 is 0 Å². The van der Waals surface area contributed by atoms with Crippen molar-refractivity contribution >= 4 is 11.9 Å². The number of rotatable bonds is 2. The molecule has 1 saturated heterocycles. The maximum atomic E-state index is 11.7. The zero-order valence-corrected chi connectivity index (χ0v) is 9.64. The number of benzene rings is 1. The molecule has 1 N–H and O–H groups in total. The molecule has 0 radical (unpaired) electrons. The monoisotopic (exact) mass is 230 g/mol. The smallest absolute Gasteiger partial charge is 0.324 e. The fourth-order valence-corrected chi connectivity index (χ4v) is 2.58. The summed E-state index contributed by atoms with van der Waals surface area (Å²) in [6.45, 7) is 2.22. The normalized spacial score (nSPS) is 26.5. The van der Waals surface area contributed by atoms with E-state index in [4.69, 9.17) is 0 Å². The Morgan fingerprint density at radius 1 is 1.35 bits per heavy atom. The number of carbonyl (C=O) groups is 2. The van der Waals surface area contributed by atoms with Crippen molar-refractivity contribution in [3.8, 4) is 0 Å². The van der Waals surface area contributed by atoms with Gasteiger partial charge in [-0.1, -0.05) is 24.3 Å². The van der Waals surface area contributed by atoms with Crippen molar-refractivity contribution in [2.75, 3.05) is 6.54 Å². The molecule has 0 bridgehead atoms. The molecule has 88 valence electrons. The van der Waals surface area contributed by atoms with Crippen LogP contribution in [0.2, 0.25) is 0 Å². The average Bonchev–Trinajstić information content (AvgIpc) is 2.52. The van der Waals surface area contributed by atoms with Crippen LogP contribution < -0.4 is 5.32 Å². The van der Waals surface area contributed by atoms with E-state index in [9.17, 15) is 9.59 Å². The molecule has 1 aliphatic carbocycles. The second-order valence-corrected chi connectivity index (χ2v) is 4.72. The highest BCUT2D eigenvalue weighted by Crippen LogP contribution is 2.35. The first-order valence-electron chi connectivity index (χ1n) is 5.86. The van der Waals surface area contributed by atoms with Gasteiger partial charge in [0.25, 0.3) is 5.91 Å². The van der Waals surface area contributed by atoms with Gasteiger partial charge in [-0.05, 0) is 24.5 Å². The van der Waals surface area contributed by atoms with Crippen LogP contribution in [0.25, 0.3) is 0 Å². The quantitative estimate of drug-likeness (QED) is 0.778. The molecule has 2 atom stereocenters. The van der Waals surface area contributed by atoms with Gasteiger partial charge in [-0.25, -0.2) is 4.79 Å². The van der Waals surface area contributed by atoms with E-state index in [0.29, 0.717) is 12.5 Å². The highest BCUT2D eigenvalue weighted by Gasteiger charge is 2.38. The van der Waals surface area contributed by atoms with Crippen LogP contribution in [0.4, 0.5) is 4.79 Å². The molecule has 1 fully saturated rings. The Bertz CT molecular complexity index is 498. The molecule has 4 nitrogen and oxygen atoms in total. The van der Waals surface area contributed by atoms with E-state index in [2.05, 4.69) is 17.4 Å². The van der Waals surface area contributed by atoms with E-state index in [0.717, 1.165) is 6.42 Å². The minimum absolute atomic E-state index is 0.112. The van der Waals surface area contributed by atoms with Gasteiger partial charge in [-0.2, -0.15) is 0 Å². The van der Waals surface area contributed by atoms with Crippen LogP contribution in [-0.2, 0) is 11.2 Å². The lowest BCUT2D eigenvalue weighted by atomic mass is 9.77. The fourth-order valence-electron chi connectivity index (χ4n) is 2.58. The first-order chi connectivity index (χ1) is 8.16. The topological polar surface area (TPSA) is 49.4 Å². The van der Waals surface area contributed by atoms with Gasteiger partial charge in [0.15, 0.2) is 0 Å². The molecule has 0 saturated carbocycles. The Labute approximate surface area is 99.6 Å². The molecule has 0 spiro atoms. The minimum Gasteiger partial charge on any atom is -0.326 e. The van der Waals surface area contributed by atoms with E-state index < -0.39 is 0 Å². The SMILES string of the molecule is CC1NC(=O)N(CC2Cc3ccccc32)C1=O. The van der Waals surface area contributed by atoms with Crippen LogP contribution in [-0.4, -0.2) is 29.4 Å². The molecular formula is C13H14N2O2. The van der Waals surface area contributed by atoms with Crippen molar-refractivity contribution in [2.45, 2.75) is 25.3 Å². The van der Waals surface area contributed by atoms with E-state index in [1.165, 1.54) is 16.0 Å². The molecule has 17 heavy (non-hydrogen) atoms. The summed E-state index contributed by atoms with van der Waals surface area (Å²) in [5.41, 5.74) is 2.60. The zero-order chi connectivity index (χ0) is 12.0. The standard InChI is InChI=1S/C13H14N2O2/c1-8-12(16)15(13(17)14-8)7-10-6-9-4-2-3-5-11(9)10/h2-5,8,10H,6-7H2,1H3,(H,14,17). The molecule has 4 heteroatoms. The van der Waals surface area contributed by atoms with Crippen LogP contribution >= 0.6 is 0 Å². The third-order valence-corrected chi connectivity index (χ3v) is 3.59. The van der Waals surface area contributed by atoms with Crippen LogP contribution in [0.15, 0.2) is 24.3 Å². The maximum absolute atomic E-state index is 11.7. The Balaban J connectivity index is 1.74. The van der Waals surface area contributed by atoms with Crippen molar-refractivity contribution in [3.63, 3.8) is 0 Å². The molecule has 1 heterocycles. The fraction of sp³-hybridized carbons (Fsp3) is 0.385. The Kier molecular flexibility index (Phi) is 2.18. The molecule has 3 amide bonds. The molecule has 0 aromatic heterocycles. The number of amides is 3. The van der Waals surface area contributed by atoms with Crippen molar-refractivity contribution in [2.24, 2.45) is 0 Å². The average molecular weight is 230 g/mol. The van der Waals surface area contributed by atoms with E-state index in [-0.39, 0.29) is 18.0 Å². The highest BCUT2D eigenvalue weighted by atomic mass is 16.2. The van der Waals surface area contributed by atoms with E-state index in [1.54, 1.807) is 6.92 Å². The summed E-state index contributed by atoms with van der Waals surface area (Å²) < 4.78 is 0. The Hall–Kier alpha value is -1.84. The number of nitrogens with zero attached hydrogens (tertiary/aromatic N) is 1. The minimum atomic E-state index is -0.377. The number of carbonyl (C=O) groups excluding carboxylic acids is 2. The van der Waals surface area contributed by atoms with Gasteiger partial charge in [-0.3, -0.25) is 9.69 Å². The largest absolute Gasteiger partial charge is 0.326 e. The Morgan fingerprint density at radius 2 is 2.12 bits per heavy atom. The van der Waals surface area contributed by atoms with Gasteiger partial charge in [0.05, 0.1) is 0 Å². The molecule has 1 aromatic rings. The summed E-state index contributed by atoms with van der Waals surface area (Å²) in [5.74, 6) is 0.200. The molecular weight excluding hydrogens is 216 g/mol. The summed E-state index contributed by atoms with van der Waals surface area (Å²) >= 11 is 0. The first kappa shape index (κ1) is 10.3. The van der Waals surface area contributed by atoms with Gasteiger partial charge in [-0.15, -0.1) is 0 Å². The summed E-state index contributed by atoms with van der Waals surface area (Å²) in [5, 5.41) is 2.63. The molecule has 1 aliphatic heterocycles. The van der Waals surface area contributed by atoms with Crippen LogP contribution in [0.3, 0.4) is 0 Å². The third-order valence-electron chi connectivity index (χ3n) is 3.59. The predicted octanol–water partition coefficient (Wildman–Crippen LogP) is 1.27. The van der Waals surface area contributed by atoms with Crippen LogP contribution in [0.5, 0.6) is 0 Å². The summed E-state index contributed by atoms with van der Waals surface area (Å²) in [6, 6.07) is 7.56. The molecule has 3 rings (SSSR count). The van der Waals surface area contributed by atoms with E-state index in [1.807, 2.05) is 12.1 Å². The lowest BCUT2D eigenvalue weighted by molar-refractivity contribution is -0.127. The van der Waals surface area contributed by atoms with Crippen LogP contribution in [0, 0.1) is 0 Å². The molecule has 2 unspecified atom stereocenters. The van der Waals surface area contributed by atoms with Gasteiger partial charge in [0.1, 0.15) is 6.04 Å². The molecule has 1 aromatic carbocycles. The van der Waals surface area contributed by atoms with Gasteiger partial charge in [0, 0.05) is 12.5 Å². The molecule has 2 aliphatic rings. The second-order valence-electron chi connectivity index (χ2n) is 4.72. The number of nitrogens with one attached hydrogen (secondary N) is 1. The summed E-state index contributed by atoms with van der Waals surface area (Å²) in [4.78, 5) is 24.7. The number of hydrogen-bond acceptors (Lipinski definition) is 2.